The van der Waals surface area contributed by atoms with Gasteiger partial charge in [0.05, 0.1) is 5.41 Å². The number of benzene rings is 1. The largest absolute Gasteiger partial charge is 0.421 e. The van der Waals surface area contributed by atoms with Crippen LogP contribution in [0.25, 0.3) is 0 Å². The summed E-state index contributed by atoms with van der Waals surface area (Å²) in [6.07, 6.45) is -1.21. The van der Waals surface area contributed by atoms with E-state index in [1.165, 1.54) is 0 Å². The van der Waals surface area contributed by atoms with Gasteiger partial charge in [0.15, 0.2) is 0 Å². The lowest BCUT2D eigenvalue weighted by Crippen LogP contribution is -2.44. The molecule has 2 N–H and O–H groups in total. The summed E-state index contributed by atoms with van der Waals surface area (Å²) in [5.41, 5.74) is 1.65. The van der Waals surface area contributed by atoms with Crippen molar-refractivity contribution in [2.24, 2.45) is 5.41 Å². The van der Waals surface area contributed by atoms with Crippen molar-refractivity contribution in [3.8, 4) is 0 Å². The van der Waals surface area contributed by atoms with Crippen molar-refractivity contribution in [1.29, 1.82) is 0 Å². The summed E-state index contributed by atoms with van der Waals surface area (Å²) in [5, 5.41) is 6.03. The van der Waals surface area contributed by atoms with Crippen LogP contribution in [0.5, 0.6) is 0 Å². The van der Waals surface area contributed by atoms with Gasteiger partial charge in [0.25, 0.3) is 0 Å². The molecule has 1 aromatic carbocycles. The zero-order valence-corrected chi connectivity index (χ0v) is 21.4. The molecule has 0 atom stereocenters. The quantitative estimate of drug-likeness (QED) is 0.627. The Balaban J connectivity index is 1.38. The van der Waals surface area contributed by atoms with Crippen LogP contribution in [0.3, 0.4) is 0 Å². The molecule has 11 heteroatoms. The Bertz CT molecular complexity index is 1140. The van der Waals surface area contributed by atoms with Crippen molar-refractivity contribution in [2.45, 2.75) is 38.8 Å². The average molecular weight is 518 g/mol. The zero-order valence-electron chi connectivity index (χ0n) is 21.4. The van der Waals surface area contributed by atoms with Crippen molar-refractivity contribution in [3.05, 3.63) is 35.5 Å². The Morgan fingerprint density at radius 2 is 1.78 bits per heavy atom. The van der Waals surface area contributed by atoms with Crippen LogP contribution in [0.1, 0.15) is 37.3 Å². The van der Waals surface area contributed by atoms with Crippen molar-refractivity contribution < 1.29 is 18.0 Å². The summed E-state index contributed by atoms with van der Waals surface area (Å²) in [7, 11) is 2.12. The van der Waals surface area contributed by atoms with Crippen molar-refractivity contribution >= 4 is 29.0 Å². The van der Waals surface area contributed by atoms with Gasteiger partial charge in [-0.2, -0.15) is 18.2 Å². The second-order valence-corrected chi connectivity index (χ2v) is 10.3. The summed E-state index contributed by atoms with van der Waals surface area (Å²) >= 11 is 0. The molecule has 0 aliphatic carbocycles. The SMILES string of the molecule is CCc1cc(N2CCN(C)CC2)ccc1Nc1ncc(C(F)(F)F)c(N2CCC3(CCNC3=O)CC2)n1. The van der Waals surface area contributed by atoms with E-state index in [9.17, 15) is 18.0 Å². The van der Waals surface area contributed by atoms with Crippen LogP contribution < -0.4 is 20.4 Å². The Morgan fingerprint density at radius 3 is 2.41 bits per heavy atom. The molecule has 4 heterocycles. The average Bonchev–Trinajstić information content (AvgIpc) is 3.23. The highest BCUT2D eigenvalue weighted by Crippen LogP contribution is 2.42. The number of hydrogen-bond donors (Lipinski definition) is 2. The molecule has 3 aliphatic heterocycles. The van der Waals surface area contributed by atoms with E-state index in [-0.39, 0.29) is 17.7 Å². The molecule has 3 saturated heterocycles. The first-order valence-corrected chi connectivity index (χ1v) is 13.0. The van der Waals surface area contributed by atoms with E-state index in [0.717, 1.165) is 62.2 Å². The summed E-state index contributed by atoms with van der Waals surface area (Å²) in [6, 6.07) is 6.13. The number of piperidine rings is 1. The first kappa shape index (κ1) is 25.6. The van der Waals surface area contributed by atoms with E-state index in [0.29, 0.717) is 32.5 Å². The van der Waals surface area contributed by atoms with Gasteiger partial charge in [0.2, 0.25) is 11.9 Å². The van der Waals surface area contributed by atoms with E-state index >= 15 is 0 Å². The summed E-state index contributed by atoms with van der Waals surface area (Å²) in [6.45, 7) is 7.28. The first-order chi connectivity index (χ1) is 17.7. The number of carbonyl (C=O) groups is 1. The third-order valence-electron chi connectivity index (χ3n) is 8.05. The summed E-state index contributed by atoms with van der Waals surface area (Å²) in [5.74, 6) is 0.00894. The number of alkyl halides is 3. The Kier molecular flexibility index (Phi) is 6.91. The van der Waals surface area contributed by atoms with Crippen LogP contribution in [0, 0.1) is 5.41 Å². The lowest BCUT2D eigenvalue weighted by Gasteiger charge is -2.38. The molecule has 0 saturated carbocycles. The molecule has 1 amide bonds. The van der Waals surface area contributed by atoms with E-state index in [1.807, 2.05) is 12.1 Å². The minimum atomic E-state index is -4.58. The number of anilines is 4. The predicted molar refractivity (Wildman–Crippen MR) is 137 cm³/mol. The minimum absolute atomic E-state index is 0.0142. The Hall–Kier alpha value is -3.08. The summed E-state index contributed by atoms with van der Waals surface area (Å²) in [4.78, 5) is 27.0. The molecular formula is C26H34F3N7O. The molecule has 2 aromatic rings. The van der Waals surface area contributed by atoms with Gasteiger partial charge in [0, 0.05) is 63.4 Å². The maximum Gasteiger partial charge on any atom is 0.421 e. The number of amides is 1. The number of hydrogen-bond acceptors (Lipinski definition) is 7. The van der Waals surface area contributed by atoms with Gasteiger partial charge in [-0.3, -0.25) is 4.79 Å². The van der Waals surface area contributed by atoms with E-state index < -0.39 is 17.2 Å². The van der Waals surface area contributed by atoms with Gasteiger partial charge in [-0.15, -0.1) is 0 Å². The van der Waals surface area contributed by atoms with Gasteiger partial charge in [-0.05, 0) is 56.5 Å². The number of nitrogens with zero attached hydrogens (tertiary/aromatic N) is 5. The Labute approximate surface area is 215 Å². The highest BCUT2D eigenvalue weighted by atomic mass is 19.4. The monoisotopic (exact) mass is 517 g/mol. The fraction of sp³-hybridized carbons (Fsp3) is 0.577. The first-order valence-electron chi connectivity index (χ1n) is 13.0. The normalized spacial score (nSPS) is 20.4. The number of likely N-dealkylation sites (N-methyl/N-ethyl adjacent to an activating group) is 1. The fourth-order valence-corrected chi connectivity index (χ4v) is 5.59. The van der Waals surface area contributed by atoms with Crippen LogP contribution in [0.15, 0.2) is 24.4 Å². The lowest BCUT2D eigenvalue weighted by atomic mass is 9.77. The van der Waals surface area contributed by atoms with Crippen LogP contribution >= 0.6 is 0 Å². The van der Waals surface area contributed by atoms with Crippen LogP contribution in [0.4, 0.5) is 36.3 Å². The van der Waals surface area contributed by atoms with Crippen molar-refractivity contribution in [3.63, 3.8) is 0 Å². The third-order valence-corrected chi connectivity index (χ3v) is 8.05. The topological polar surface area (TPSA) is 76.6 Å². The zero-order chi connectivity index (χ0) is 26.2. The Morgan fingerprint density at radius 1 is 1.05 bits per heavy atom. The molecule has 0 unspecified atom stereocenters. The smallest absolute Gasteiger partial charge is 0.369 e. The molecule has 3 aliphatic rings. The van der Waals surface area contributed by atoms with E-state index in [1.54, 1.807) is 4.90 Å². The maximum atomic E-state index is 13.9. The number of rotatable bonds is 5. The highest BCUT2D eigenvalue weighted by Gasteiger charge is 2.46. The number of halogens is 3. The van der Waals surface area contributed by atoms with Gasteiger partial charge in [0.1, 0.15) is 11.4 Å². The van der Waals surface area contributed by atoms with Gasteiger partial charge < -0.3 is 25.3 Å². The van der Waals surface area contributed by atoms with Gasteiger partial charge in [-0.1, -0.05) is 6.92 Å². The predicted octanol–water partition coefficient (Wildman–Crippen LogP) is 3.66. The molecule has 3 fully saturated rings. The maximum absolute atomic E-state index is 13.9. The second-order valence-electron chi connectivity index (χ2n) is 10.3. The highest BCUT2D eigenvalue weighted by molar-refractivity contribution is 5.85. The standard InChI is InChI=1S/C26H34F3N7O/c1-3-18-16-19(35-14-12-34(2)13-15-35)4-5-21(18)32-24-31-17-20(26(27,28)29)22(33-24)36-10-7-25(8-11-36)6-9-30-23(25)37/h4-5,16-17H,3,6-15H2,1-2H3,(H,30,37)(H,31,32,33). The summed E-state index contributed by atoms with van der Waals surface area (Å²) < 4.78 is 41.7. The molecular weight excluding hydrogens is 483 g/mol. The molecule has 37 heavy (non-hydrogen) atoms. The van der Waals surface area contributed by atoms with E-state index in [2.05, 4.69) is 50.4 Å². The van der Waals surface area contributed by atoms with Crippen LogP contribution in [-0.2, 0) is 17.4 Å². The molecule has 8 nitrogen and oxygen atoms in total. The second kappa shape index (κ2) is 10.00. The minimum Gasteiger partial charge on any atom is -0.369 e. The van der Waals surface area contributed by atoms with Gasteiger partial charge >= 0.3 is 6.18 Å². The molecule has 0 radical (unpaired) electrons. The molecule has 1 aromatic heterocycles. The van der Waals surface area contributed by atoms with Crippen molar-refractivity contribution in [1.82, 2.24) is 20.2 Å². The van der Waals surface area contributed by atoms with Crippen LogP contribution in [0.2, 0.25) is 0 Å². The number of piperazine rings is 1. The molecule has 200 valence electrons. The lowest BCUT2D eigenvalue weighted by molar-refractivity contribution is -0.137. The number of carbonyl (C=O) groups excluding carboxylic acids is 1. The van der Waals surface area contributed by atoms with Crippen LogP contribution in [-0.4, -0.2) is 73.6 Å². The number of nitrogens with one attached hydrogen (secondary N) is 2. The third kappa shape index (κ3) is 5.18. The molecule has 1 spiro atoms. The number of aryl methyl sites for hydroxylation is 1. The molecule has 0 bridgehead atoms. The fourth-order valence-electron chi connectivity index (χ4n) is 5.59. The number of aromatic nitrogens is 2. The van der Waals surface area contributed by atoms with Crippen molar-refractivity contribution in [2.75, 3.05) is 68.0 Å². The molecule has 5 rings (SSSR count). The van der Waals surface area contributed by atoms with E-state index in [4.69, 9.17) is 0 Å². The van der Waals surface area contributed by atoms with Gasteiger partial charge in [-0.25, -0.2) is 4.98 Å².